The van der Waals surface area contributed by atoms with Gasteiger partial charge in [-0.1, -0.05) is 22.0 Å². The van der Waals surface area contributed by atoms with Crippen molar-refractivity contribution in [2.24, 2.45) is 5.10 Å². The van der Waals surface area contributed by atoms with Crippen molar-refractivity contribution in [1.29, 1.82) is 0 Å². The molecule has 2 rings (SSSR count). The average Bonchev–Trinajstić information content (AvgIpc) is 3.07. The molecule has 1 aromatic carbocycles. The molecule has 23 heavy (non-hydrogen) atoms. The molecule has 0 radical (unpaired) electrons. The molecule has 120 valence electrons. The van der Waals surface area contributed by atoms with Crippen molar-refractivity contribution in [3.63, 3.8) is 0 Å². The average molecular weight is 412 g/mol. The number of hydrogen-bond acceptors (Lipinski definition) is 5. The number of nitrogens with zero attached hydrogens (tertiary/aromatic N) is 2. The van der Waals surface area contributed by atoms with Gasteiger partial charge in [-0.2, -0.15) is 5.10 Å². The summed E-state index contributed by atoms with van der Waals surface area (Å²) in [6.07, 6.45) is 1.21. The van der Waals surface area contributed by atoms with E-state index in [0.717, 1.165) is 10.2 Å². The fraction of sp³-hybridized carbons (Fsp3) is 0.133. The Hall–Kier alpha value is -1.61. The number of carbonyl (C=O) groups is 1. The summed E-state index contributed by atoms with van der Waals surface area (Å²) in [5, 5.41) is 19.7. The molecule has 1 heterocycles. The third-order valence-electron chi connectivity index (χ3n) is 2.72. The molecule has 0 saturated heterocycles. The number of hydrogen-bond donors (Lipinski definition) is 2. The van der Waals surface area contributed by atoms with Gasteiger partial charge in [0.1, 0.15) is 0 Å². The van der Waals surface area contributed by atoms with Crippen molar-refractivity contribution in [2.45, 2.75) is 0 Å². The van der Waals surface area contributed by atoms with E-state index in [1.165, 1.54) is 22.6 Å². The molecule has 0 atom stereocenters. The number of aliphatic hydroxyl groups is 1. The summed E-state index contributed by atoms with van der Waals surface area (Å²) in [6.45, 7) is 0.0588. The fourth-order valence-corrected chi connectivity index (χ4v) is 2.78. The Balaban J connectivity index is 2.03. The van der Waals surface area contributed by atoms with Gasteiger partial charge >= 0.3 is 0 Å². The highest BCUT2D eigenvalue weighted by atomic mass is 79.9. The monoisotopic (exact) mass is 411 g/mol. The van der Waals surface area contributed by atoms with Gasteiger partial charge in [-0.15, -0.1) is 11.3 Å². The lowest BCUT2D eigenvalue weighted by atomic mass is 10.3. The van der Waals surface area contributed by atoms with Gasteiger partial charge in [0.25, 0.3) is 0 Å². The molecule has 5 nitrogen and oxygen atoms in total. The molecule has 0 bridgehead atoms. The van der Waals surface area contributed by atoms with Crippen molar-refractivity contribution in [1.82, 2.24) is 5.01 Å². The SMILES string of the molecule is O=C(/C=N/N(CCO)C(=S)Nc1ccc(Br)cc1)c1cccs1. The number of ketones is 1. The zero-order valence-electron chi connectivity index (χ0n) is 12.0. The Morgan fingerprint density at radius 1 is 1.39 bits per heavy atom. The molecule has 0 unspecified atom stereocenters. The Kier molecular flexibility index (Phi) is 6.85. The second-order valence-corrected chi connectivity index (χ2v) is 6.62. The Morgan fingerprint density at radius 2 is 2.13 bits per heavy atom. The predicted octanol–water partition coefficient (Wildman–Crippen LogP) is 3.37. The summed E-state index contributed by atoms with van der Waals surface area (Å²) >= 11 is 9.99. The molecule has 0 amide bonds. The van der Waals surface area contributed by atoms with E-state index in [1.54, 1.807) is 12.1 Å². The van der Waals surface area contributed by atoms with Crippen LogP contribution in [0.4, 0.5) is 5.69 Å². The summed E-state index contributed by atoms with van der Waals surface area (Å²) < 4.78 is 0.959. The number of nitrogens with one attached hydrogen (secondary N) is 1. The van der Waals surface area contributed by atoms with E-state index in [1.807, 2.05) is 29.6 Å². The first-order chi connectivity index (χ1) is 11.1. The van der Waals surface area contributed by atoms with E-state index in [4.69, 9.17) is 17.3 Å². The highest BCUT2D eigenvalue weighted by Gasteiger charge is 2.09. The van der Waals surface area contributed by atoms with Gasteiger partial charge in [0, 0.05) is 10.2 Å². The lowest BCUT2D eigenvalue weighted by Crippen LogP contribution is -2.33. The molecule has 2 aromatic rings. The number of Topliss-reactive ketones (excluding diaryl/α,β-unsaturated/α-hetero) is 1. The van der Waals surface area contributed by atoms with Crippen LogP contribution in [0.5, 0.6) is 0 Å². The standard InChI is InChI=1S/C15H14BrN3O2S2/c16-11-3-5-12(6-4-11)18-15(22)19(7-8-20)17-10-13(21)14-2-1-9-23-14/h1-6,9-10,20H,7-8H2,(H,18,22)/b17-10+. The molecule has 8 heteroatoms. The van der Waals surface area contributed by atoms with Crippen LogP contribution in [0.25, 0.3) is 0 Å². The molecule has 0 spiro atoms. The third-order valence-corrected chi connectivity index (χ3v) is 4.45. The Morgan fingerprint density at radius 3 is 2.74 bits per heavy atom. The van der Waals surface area contributed by atoms with E-state index in [2.05, 4.69) is 26.3 Å². The second-order valence-electron chi connectivity index (χ2n) is 4.37. The minimum Gasteiger partial charge on any atom is -0.394 e. The molecule has 0 fully saturated rings. The summed E-state index contributed by atoms with van der Waals surface area (Å²) in [5.41, 5.74) is 0.793. The van der Waals surface area contributed by atoms with E-state index >= 15 is 0 Å². The highest BCUT2D eigenvalue weighted by molar-refractivity contribution is 9.10. The van der Waals surface area contributed by atoms with Crippen LogP contribution in [-0.2, 0) is 0 Å². The van der Waals surface area contributed by atoms with E-state index in [9.17, 15) is 4.79 Å². The van der Waals surface area contributed by atoms with Crippen LogP contribution in [0.3, 0.4) is 0 Å². The lowest BCUT2D eigenvalue weighted by Gasteiger charge is -2.19. The number of hydrazone groups is 1. The van der Waals surface area contributed by atoms with Crippen LogP contribution in [0.1, 0.15) is 9.67 Å². The van der Waals surface area contributed by atoms with Gasteiger partial charge in [0.15, 0.2) is 5.11 Å². The topological polar surface area (TPSA) is 64.9 Å². The van der Waals surface area contributed by atoms with Gasteiger partial charge in [0.2, 0.25) is 5.78 Å². The van der Waals surface area contributed by atoms with Crippen molar-refractivity contribution < 1.29 is 9.90 Å². The van der Waals surface area contributed by atoms with Crippen molar-refractivity contribution >= 4 is 62.3 Å². The third kappa shape index (κ3) is 5.51. The van der Waals surface area contributed by atoms with Gasteiger partial charge in [-0.25, -0.2) is 5.01 Å². The van der Waals surface area contributed by atoms with Crippen LogP contribution in [0.2, 0.25) is 0 Å². The number of carbonyl (C=O) groups excluding carboxylic acids is 1. The maximum absolute atomic E-state index is 11.9. The van der Waals surface area contributed by atoms with Gasteiger partial charge in [-0.3, -0.25) is 4.79 Å². The molecular weight excluding hydrogens is 398 g/mol. The number of thiophene rings is 1. The molecule has 2 N–H and O–H groups in total. The number of benzene rings is 1. The molecule has 0 saturated carbocycles. The highest BCUT2D eigenvalue weighted by Crippen LogP contribution is 2.15. The first kappa shape index (κ1) is 17.7. The van der Waals surface area contributed by atoms with E-state index in [-0.39, 0.29) is 18.9 Å². The molecule has 0 aliphatic rings. The maximum atomic E-state index is 11.9. The van der Waals surface area contributed by atoms with Gasteiger partial charge in [-0.05, 0) is 47.9 Å². The zero-order valence-corrected chi connectivity index (χ0v) is 15.2. The smallest absolute Gasteiger partial charge is 0.215 e. The quantitative estimate of drug-likeness (QED) is 0.330. The molecule has 1 aromatic heterocycles. The van der Waals surface area contributed by atoms with E-state index < -0.39 is 0 Å². The second kappa shape index (κ2) is 8.88. The minimum absolute atomic E-state index is 0.132. The number of anilines is 1. The summed E-state index contributed by atoms with van der Waals surface area (Å²) in [6, 6.07) is 11.0. The molecule has 0 aliphatic carbocycles. The maximum Gasteiger partial charge on any atom is 0.215 e. The molecular formula is C15H14BrN3O2S2. The number of halogens is 1. The Labute approximate surface area is 151 Å². The predicted molar refractivity (Wildman–Crippen MR) is 101 cm³/mol. The fourth-order valence-electron chi connectivity index (χ4n) is 1.63. The Bertz CT molecular complexity index is 687. The first-order valence-corrected chi connectivity index (χ1v) is 8.75. The lowest BCUT2D eigenvalue weighted by molar-refractivity contribution is 0.107. The van der Waals surface area contributed by atoms with Gasteiger partial charge in [0.05, 0.1) is 24.2 Å². The van der Waals surface area contributed by atoms with Crippen LogP contribution in [0.15, 0.2) is 51.4 Å². The summed E-state index contributed by atoms with van der Waals surface area (Å²) in [5.74, 6) is -0.200. The van der Waals surface area contributed by atoms with Crippen LogP contribution >= 0.6 is 39.5 Å². The van der Waals surface area contributed by atoms with Gasteiger partial charge < -0.3 is 10.4 Å². The summed E-state index contributed by atoms with van der Waals surface area (Å²) in [7, 11) is 0. The zero-order chi connectivity index (χ0) is 16.7. The van der Waals surface area contributed by atoms with Crippen LogP contribution in [0, 0.1) is 0 Å². The number of thiocarbonyl (C=S) groups is 1. The van der Waals surface area contributed by atoms with Crippen LogP contribution < -0.4 is 5.32 Å². The summed E-state index contributed by atoms with van der Waals surface area (Å²) in [4.78, 5) is 12.5. The minimum atomic E-state index is -0.200. The van der Waals surface area contributed by atoms with Crippen LogP contribution in [-0.4, -0.2) is 40.4 Å². The molecule has 0 aliphatic heterocycles. The van der Waals surface area contributed by atoms with Crippen molar-refractivity contribution in [2.75, 3.05) is 18.5 Å². The van der Waals surface area contributed by atoms with E-state index in [0.29, 0.717) is 9.99 Å². The van der Waals surface area contributed by atoms with Crippen molar-refractivity contribution in [3.05, 3.63) is 51.1 Å². The first-order valence-electron chi connectivity index (χ1n) is 6.67. The largest absolute Gasteiger partial charge is 0.394 e. The number of rotatable bonds is 6. The number of aliphatic hydroxyl groups excluding tert-OH is 1. The van der Waals surface area contributed by atoms with Crippen molar-refractivity contribution in [3.8, 4) is 0 Å². The normalized spacial score (nSPS) is 10.7.